The van der Waals surface area contributed by atoms with Crippen LogP contribution in [0.25, 0.3) is 10.2 Å². The zero-order valence-electron chi connectivity index (χ0n) is 15.3. The summed E-state index contributed by atoms with van der Waals surface area (Å²) in [7, 11) is -1.51. The van der Waals surface area contributed by atoms with Crippen LogP contribution in [0.15, 0.2) is 47.4 Å². The van der Waals surface area contributed by atoms with Gasteiger partial charge in [-0.15, -0.1) is 0 Å². The first kappa shape index (κ1) is 18.1. The van der Waals surface area contributed by atoms with Crippen LogP contribution < -0.4 is 14.5 Å². The molecule has 1 aliphatic rings. The zero-order chi connectivity index (χ0) is 19.0. The van der Waals surface area contributed by atoms with Crippen LogP contribution in [-0.2, 0) is 9.84 Å². The molecular formula is C19H21N3O3S2. The van der Waals surface area contributed by atoms with Crippen LogP contribution in [-0.4, -0.2) is 52.9 Å². The van der Waals surface area contributed by atoms with Crippen molar-refractivity contribution in [2.24, 2.45) is 0 Å². The minimum absolute atomic E-state index is 0.339. The average molecular weight is 404 g/mol. The van der Waals surface area contributed by atoms with E-state index in [2.05, 4.69) is 15.9 Å². The van der Waals surface area contributed by atoms with Gasteiger partial charge in [0, 0.05) is 32.4 Å². The Morgan fingerprint density at radius 2 is 1.74 bits per heavy atom. The van der Waals surface area contributed by atoms with Gasteiger partial charge in [-0.3, -0.25) is 0 Å². The number of para-hydroxylation sites is 2. The third-order valence-corrected chi connectivity index (χ3v) is 6.94. The molecule has 1 fully saturated rings. The lowest BCUT2D eigenvalue weighted by Gasteiger charge is -2.36. The number of rotatable bonds is 4. The van der Waals surface area contributed by atoms with Crippen LogP contribution >= 0.6 is 11.3 Å². The Morgan fingerprint density at radius 1 is 1.04 bits per heavy atom. The van der Waals surface area contributed by atoms with Gasteiger partial charge in [-0.25, -0.2) is 13.4 Å². The molecule has 142 valence electrons. The number of hydrogen-bond donors (Lipinski definition) is 0. The minimum Gasteiger partial charge on any atom is -0.495 e. The van der Waals surface area contributed by atoms with E-state index in [0.29, 0.717) is 4.90 Å². The number of piperazine rings is 1. The maximum absolute atomic E-state index is 11.8. The summed E-state index contributed by atoms with van der Waals surface area (Å²) in [5, 5.41) is 0.940. The first-order chi connectivity index (χ1) is 13.0. The molecule has 1 aliphatic heterocycles. The first-order valence-corrected chi connectivity index (χ1v) is 11.4. The molecule has 0 aliphatic carbocycles. The lowest BCUT2D eigenvalue weighted by Crippen LogP contribution is -2.46. The maximum atomic E-state index is 11.8. The Bertz CT molecular complexity index is 1070. The molecular weight excluding hydrogens is 382 g/mol. The van der Waals surface area contributed by atoms with E-state index in [9.17, 15) is 8.42 Å². The second-order valence-corrected chi connectivity index (χ2v) is 9.57. The molecule has 0 saturated carbocycles. The molecule has 1 saturated heterocycles. The molecule has 0 N–H and O–H groups in total. The van der Waals surface area contributed by atoms with Gasteiger partial charge in [-0.2, -0.15) is 0 Å². The lowest BCUT2D eigenvalue weighted by atomic mass is 10.2. The summed E-state index contributed by atoms with van der Waals surface area (Å²) in [6, 6.07) is 13.2. The SMILES string of the molecule is COc1ccccc1N1CCN(c2nc3ccc(S(C)(=O)=O)cc3s2)CC1. The molecule has 0 amide bonds. The molecule has 0 atom stereocenters. The number of benzene rings is 2. The highest BCUT2D eigenvalue weighted by atomic mass is 32.2. The van der Waals surface area contributed by atoms with Crippen LogP contribution in [0, 0.1) is 0 Å². The summed E-state index contributed by atoms with van der Waals surface area (Å²) in [5.74, 6) is 0.888. The Hall–Kier alpha value is -2.32. The minimum atomic E-state index is -3.21. The van der Waals surface area contributed by atoms with Gasteiger partial charge < -0.3 is 14.5 Å². The summed E-state index contributed by atoms with van der Waals surface area (Å²) in [5.41, 5.74) is 1.95. The van der Waals surface area contributed by atoms with E-state index in [1.165, 1.54) is 6.26 Å². The zero-order valence-corrected chi connectivity index (χ0v) is 16.9. The summed E-state index contributed by atoms with van der Waals surface area (Å²) >= 11 is 1.55. The highest BCUT2D eigenvalue weighted by molar-refractivity contribution is 7.90. The number of hydrogen-bond acceptors (Lipinski definition) is 7. The van der Waals surface area contributed by atoms with Crippen molar-refractivity contribution in [3.8, 4) is 5.75 Å². The quantitative estimate of drug-likeness (QED) is 0.667. The van der Waals surface area contributed by atoms with Crippen molar-refractivity contribution < 1.29 is 13.2 Å². The van der Waals surface area contributed by atoms with Gasteiger partial charge in [0.2, 0.25) is 0 Å². The molecule has 0 unspecified atom stereocenters. The van der Waals surface area contributed by atoms with Crippen molar-refractivity contribution in [3.63, 3.8) is 0 Å². The second kappa shape index (κ2) is 7.01. The van der Waals surface area contributed by atoms with Crippen molar-refractivity contribution in [1.82, 2.24) is 4.98 Å². The summed E-state index contributed by atoms with van der Waals surface area (Å²) < 4.78 is 29.9. The number of sulfone groups is 1. The van der Waals surface area contributed by atoms with E-state index in [4.69, 9.17) is 9.72 Å². The predicted octanol–water partition coefficient (Wildman–Crippen LogP) is 3.04. The van der Waals surface area contributed by atoms with E-state index >= 15 is 0 Å². The number of nitrogens with zero attached hydrogens (tertiary/aromatic N) is 3. The number of anilines is 2. The Morgan fingerprint density at radius 3 is 2.44 bits per heavy atom. The number of thiazole rings is 1. The summed E-state index contributed by atoms with van der Waals surface area (Å²) in [6.45, 7) is 3.48. The first-order valence-electron chi connectivity index (χ1n) is 8.69. The lowest BCUT2D eigenvalue weighted by molar-refractivity contribution is 0.413. The van der Waals surface area contributed by atoms with Crippen LogP contribution in [0.1, 0.15) is 0 Å². The number of aromatic nitrogens is 1. The Kier molecular flexibility index (Phi) is 4.69. The number of ether oxygens (including phenoxy) is 1. The normalized spacial score (nSPS) is 15.3. The van der Waals surface area contributed by atoms with Crippen molar-refractivity contribution in [3.05, 3.63) is 42.5 Å². The van der Waals surface area contributed by atoms with Crippen LogP contribution in [0.3, 0.4) is 0 Å². The van der Waals surface area contributed by atoms with Crippen molar-refractivity contribution in [1.29, 1.82) is 0 Å². The smallest absolute Gasteiger partial charge is 0.186 e. The molecule has 2 heterocycles. The average Bonchev–Trinajstić information content (AvgIpc) is 3.11. The monoisotopic (exact) mass is 403 g/mol. The van der Waals surface area contributed by atoms with E-state index in [-0.39, 0.29) is 0 Å². The third-order valence-electron chi connectivity index (χ3n) is 4.75. The number of methoxy groups -OCH3 is 1. The third kappa shape index (κ3) is 3.59. The van der Waals surface area contributed by atoms with Gasteiger partial charge in [0.1, 0.15) is 5.75 Å². The van der Waals surface area contributed by atoms with Gasteiger partial charge >= 0.3 is 0 Å². The fraction of sp³-hybridized carbons (Fsp3) is 0.316. The second-order valence-electron chi connectivity index (χ2n) is 6.54. The molecule has 27 heavy (non-hydrogen) atoms. The van der Waals surface area contributed by atoms with Gasteiger partial charge in [-0.05, 0) is 30.3 Å². The van der Waals surface area contributed by atoms with Crippen molar-refractivity contribution >= 4 is 42.2 Å². The fourth-order valence-electron chi connectivity index (χ4n) is 3.29. The molecule has 1 aromatic heterocycles. The van der Waals surface area contributed by atoms with Crippen molar-refractivity contribution in [2.75, 3.05) is 49.3 Å². The van der Waals surface area contributed by atoms with E-state index in [0.717, 1.165) is 53.0 Å². The Balaban J connectivity index is 1.53. The van der Waals surface area contributed by atoms with Gasteiger partial charge in [0.05, 0.1) is 27.9 Å². The highest BCUT2D eigenvalue weighted by Crippen LogP contribution is 2.33. The van der Waals surface area contributed by atoms with Crippen LogP contribution in [0.4, 0.5) is 10.8 Å². The van der Waals surface area contributed by atoms with Crippen LogP contribution in [0.2, 0.25) is 0 Å². The van der Waals surface area contributed by atoms with Gasteiger partial charge in [0.15, 0.2) is 15.0 Å². The highest BCUT2D eigenvalue weighted by Gasteiger charge is 2.22. The molecule has 3 aromatic rings. The maximum Gasteiger partial charge on any atom is 0.186 e. The Labute approximate surface area is 162 Å². The van der Waals surface area contributed by atoms with E-state index in [1.54, 1.807) is 36.6 Å². The molecule has 8 heteroatoms. The summed E-state index contributed by atoms with van der Waals surface area (Å²) in [6.07, 6.45) is 1.23. The standard InChI is InChI=1S/C19H21N3O3S2/c1-25-17-6-4-3-5-16(17)21-9-11-22(12-10-21)19-20-15-8-7-14(27(2,23)24)13-18(15)26-19/h3-8,13H,9-12H2,1-2H3. The molecule has 0 spiro atoms. The topological polar surface area (TPSA) is 62.7 Å². The summed E-state index contributed by atoms with van der Waals surface area (Å²) in [4.78, 5) is 9.62. The molecule has 4 rings (SSSR count). The van der Waals surface area contributed by atoms with Gasteiger partial charge in [0.25, 0.3) is 0 Å². The number of fused-ring (bicyclic) bond motifs is 1. The molecule has 2 aromatic carbocycles. The van der Waals surface area contributed by atoms with Crippen LogP contribution in [0.5, 0.6) is 5.75 Å². The predicted molar refractivity (Wildman–Crippen MR) is 110 cm³/mol. The molecule has 0 bridgehead atoms. The van der Waals surface area contributed by atoms with Gasteiger partial charge in [-0.1, -0.05) is 23.5 Å². The largest absolute Gasteiger partial charge is 0.495 e. The van der Waals surface area contributed by atoms with E-state index < -0.39 is 9.84 Å². The molecule has 0 radical (unpaired) electrons. The molecule has 6 nitrogen and oxygen atoms in total. The fourth-order valence-corrected chi connectivity index (χ4v) is 5.07. The van der Waals surface area contributed by atoms with E-state index in [1.807, 2.05) is 18.2 Å². The van der Waals surface area contributed by atoms with Crippen molar-refractivity contribution in [2.45, 2.75) is 4.90 Å².